The third-order valence-electron chi connectivity index (χ3n) is 4.74. The highest BCUT2D eigenvalue weighted by Gasteiger charge is 2.11. The molecular weight excluding hydrogens is 414 g/mol. The number of hydrogen-bond acceptors (Lipinski definition) is 4. The first-order valence-electron chi connectivity index (χ1n) is 9.52. The van der Waals surface area contributed by atoms with Crippen molar-refractivity contribution in [2.24, 2.45) is 0 Å². The lowest BCUT2D eigenvalue weighted by molar-refractivity contribution is 0.221. The molecule has 2 aromatic carbocycles. The Bertz CT molecular complexity index is 980. The smallest absolute Gasteiger partial charge is 0.151 e. The minimum atomic E-state index is -0.466. The Morgan fingerprint density at radius 1 is 1.03 bits per heavy atom. The number of nitrogens with zero attached hydrogens (tertiary/aromatic N) is 2. The molecular formula is C22H23Cl2FN2O2. The summed E-state index contributed by atoms with van der Waals surface area (Å²) in [4.78, 5) is 6.39. The van der Waals surface area contributed by atoms with Crippen molar-refractivity contribution in [3.05, 3.63) is 64.2 Å². The maximum atomic E-state index is 14.4. The van der Waals surface area contributed by atoms with E-state index in [1.807, 2.05) is 18.2 Å². The first kappa shape index (κ1) is 21.6. The Morgan fingerprint density at radius 2 is 1.83 bits per heavy atom. The fourth-order valence-corrected chi connectivity index (χ4v) is 3.40. The molecule has 0 aliphatic heterocycles. The first-order chi connectivity index (χ1) is 14.0. The fraction of sp³-hybridized carbons (Fsp3) is 0.318. The van der Waals surface area contributed by atoms with Gasteiger partial charge in [-0.05, 0) is 31.3 Å². The van der Waals surface area contributed by atoms with Gasteiger partial charge in [-0.15, -0.1) is 0 Å². The molecule has 0 saturated carbocycles. The predicted molar refractivity (Wildman–Crippen MR) is 116 cm³/mol. The highest BCUT2D eigenvalue weighted by molar-refractivity contribution is 6.45. The van der Waals surface area contributed by atoms with Crippen LogP contribution >= 0.6 is 23.2 Å². The van der Waals surface area contributed by atoms with Gasteiger partial charge in [0.15, 0.2) is 5.82 Å². The van der Waals surface area contributed by atoms with Gasteiger partial charge < -0.3 is 14.4 Å². The molecule has 1 heterocycles. The lowest BCUT2D eigenvalue weighted by Gasteiger charge is -2.18. The molecule has 0 N–H and O–H groups in total. The normalized spacial score (nSPS) is 11.2. The molecule has 0 unspecified atom stereocenters. The van der Waals surface area contributed by atoms with E-state index in [0.29, 0.717) is 28.2 Å². The van der Waals surface area contributed by atoms with E-state index in [-0.39, 0.29) is 12.3 Å². The topological polar surface area (TPSA) is 34.6 Å². The van der Waals surface area contributed by atoms with Gasteiger partial charge in [0.1, 0.15) is 30.4 Å². The molecule has 0 atom stereocenters. The van der Waals surface area contributed by atoms with Crippen molar-refractivity contribution < 1.29 is 13.9 Å². The van der Waals surface area contributed by atoms with Crippen LogP contribution in [0, 0.1) is 5.82 Å². The monoisotopic (exact) mass is 436 g/mol. The average Bonchev–Trinajstić information content (AvgIpc) is 2.73. The molecule has 0 bridgehead atoms. The van der Waals surface area contributed by atoms with Crippen LogP contribution < -0.4 is 9.47 Å². The number of rotatable bonds is 9. The zero-order valence-electron chi connectivity index (χ0n) is 16.4. The molecule has 29 heavy (non-hydrogen) atoms. The first-order valence-corrected chi connectivity index (χ1v) is 10.3. The van der Waals surface area contributed by atoms with Crippen LogP contribution in [0.25, 0.3) is 10.8 Å². The second kappa shape index (κ2) is 10.1. The summed E-state index contributed by atoms with van der Waals surface area (Å²) in [7, 11) is 0. The SMILES string of the molecule is CCN(CC)CCOc1cnc(COc2cccc3c(Cl)c(Cl)ccc23)c(F)c1. The van der Waals surface area contributed by atoms with Crippen LogP contribution in [0.4, 0.5) is 4.39 Å². The second-order valence-corrected chi connectivity index (χ2v) is 7.26. The van der Waals surface area contributed by atoms with Gasteiger partial charge in [0.05, 0.1) is 16.2 Å². The van der Waals surface area contributed by atoms with Crippen molar-refractivity contribution in [2.45, 2.75) is 20.5 Å². The molecule has 0 spiro atoms. The van der Waals surface area contributed by atoms with Crippen molar-refractivity contribution in [1.29, 1.82) is 0 Å². The number of benzene rings is 2. The van der Waals surface area contributed by atoms with E-state index in [4.69, 9.17) is 32.7 Å². The van der Waals surface area contributed by atoms with E-state index in [9.17, 15) is 4.39 Å². The molecule has 3 aromatic rings. The summed E-state index contributed by atoms with van der Waals surface area (Å²) >= 11 is 12.3. The van der Waals surface area contributed by atoms with E-state index in [2.05, 4.69) is 23.7 Å². The van der Waals surface area contributed by atoms with Gasteiger partial charge in [0.2, 0.25) is 0 Å². The number of halogens is 3. The van der Waals surface area contributed by atoms with Crippen LogP contribution in [-0.2, 0) is 6.61 Å². The quantitative estimate of drug-likeness (QED) is 0.413. The predicted octanol–water partition coefficient (Wildman–Crippen LogP) is 5.98. The molecule has 1 aromatic heterocycles. The van der Waals surface area contributed by atoms with Crippen LogP contribution in [-0.4, -0.2) is 36.1 Å². The van der Waals surface area contributed by atoms with Gasteiger partial charge >= 0.3 is 0 Å². The zero-order valence-corrected chi connectivity index (χ0v) is 17.9. The zero-order chi connectivity index (χ0) is 20.8. The second-order valence-electron chi connectivity index (χ2n) is 6.48. The molecule has 7 heteroatoms. The largest absolute Gasteiger partial charge is 0.491 e. The molecule has 0 aliphatic rings. The fourth-order valence-electron chi connectivity index (χ4n) is 3.00. The van der Waals surface area contributed by atoms with Gasteiger partial charge in [0.25, 0.3) is 0 Å². The van der Waals surface area contributed by atoms with E-state index < -0.39 is 5.82 Å². The van der Waals surface area contributed by atoms with Gasteiger partial charge in [0, 0.05) is 23.4 Å². The van der Waals surface area contributed by atoms with Gasteiger partial charge in [-0.2, -0.15) is 0 Å². The lowest BCUT2D eigenvalue weighted by atomic mass is 10.1. The molecule has 0 fully saturated rings. The Morgan fingerprint density at radius 3 is 2.55 bits per heavy atom. The maximum Gasteiger partial charge on any atom is 0.151 e. The molecule has 0 saturated heterocycles. The van der Waals surface area contributed by atoms with Crippen molar-refractivity contribution >= 4 is 34.0 Å². The number of aromatic nitrogens is 1. The van der Waals surface area contributed by atoms with Gasteiger partial charge in [-0.25, -0.2) is 4.39 Å². The van der Waals surface area contributed by atoms with Crippen LogP contribution in [0.3, 0.4) is 0 Å². The van der Waals surface area contributed by atoms with E-state index >= 15 is 0 Å². The minimum Gasteiger partial charge on any atom is -0.491 e. The highest BCUT2D eigenvalue weighted by Crippen LogP contribution is 2.35. The molecule has 3 rings (SSSR count). The number of hydrogen-bond donors (Lipinski definition) is 0. The van der Waals surface area contributed by atoms with Crippen LogP contribution in [0.1, 0.15) is 19.5 Å². The maximum absolute atomic E-state index is 14.4. The molecule has 0 radical (unpaired) electrons. The Kier molecular flexibility index (Phi) is 7.53. The standard InChI is InChI=1S/C22H23Cl2FN2O2/c1-3-27(4-2)10-11-28-15-12-19(25)20(26-13-15)14-29-21-7-5-6-17-16(21)8-9-18(23)22(17)24/h5-9,12-13H,3-4,10-11,14H2,1-2H3. The number of likely N-dealkylation sites (N-methyl/N-ethyl adjacent to an activating group) is 1. The van der Waals surface area contributed by atoms with Crippen LogP contribution in [0.5, 0.6) is 11.5 Å². The van der Waals surface area contributed by atoms with Crippen molar-refractivity contribution in [2.75, 3.05) is 26.2 Å². The summed E-state index contributed by atoms with van der Waals surface area (Å²) in [6.07, 6.45) is 1.52. The Balaban J connectivity index is 1.66. The Hall–Kier alpha value is -2.08. The number of pyridine rings is 1. The lowest BCUT2D eigenvalue weighted by Crippen LogP contribution is -2.27. The van der Waals surface area contributed by atoms with Crippen LogP contribution in [0.2, 0.25) is 10.0 Å². The highest BCUT2D eigenvalue weighted by atomic mass is 35.5. The molecule has 4 nitrogen and oxygen atoms in total. The molecule has 0 aliphatic carbocycles. The minimum absolute atomic E-state index is 0.00901. The Labute approximate surface area is 180 Å². The van der Waals surface area contributed by atoms with Crippen molar-refractivity contribution in [3.8, 4) is 11.5 Å². The van der Waals surface area contributed by atoms with Crippen molar-refractivity contribution in [1.82, 2.24) is 9.88 Å². The summed E-state index contributed by atoms with van der Waals surface area (Å²) in [5.74, 6) is 0.526. The average molecular weight is 437 g/mol. The van der Waals surface area contributed by atoms with E-state index in [1.165, 1.54) is 12.3 Å². The summed E-state index contributed by atoms with van der Waals surface area (Å²) in [6, 6.07) is 10.4. The van der Waals surface area contributed by atoms with E-state index in [0.717, 1.165) is 30.4 Å². The molecule has 154 valence electrons. The summed E-state index contributed by atoms with van der Waals surface area (Å²) in [5.41, 5.74) is 0.207. The van der Waals surface area contributed by atoms with Crippen LogP contribution in [0.15, 0.2) is 42.6 Å². The van der Waals surface area contributed by atoms with Crippen molar-refractivity contribution in [3.63, 3.8) is 0 Å². The van der Waals surface area contributed by atoms with Gasteiger partial charge in [-0.3, -0.25) is 4.98 Å². The molecule has 0 amide bonds. The number of ether oxygens (including phenoxy) is 2. The summed E-state index contributed by atoms with van der Waals surface area (Å²) in [6.45, 7) is 7.36. The van der Waals surface area contributed by atoms with Gasteiger partial charge in [-0.1, -0.05) is 49.2 Å². The summed E-state index contributed by atoms with van der Waals surface area (Å²) < 4.78 is 25.9. The third kappa shape index (κ3) is 5.30. The third-order valence-corrected chi connectivity index (χ3v) is 5.55. The summed E-state index contributed by atoms with van der Waals surface area (Å²) in [5, 5.41) is 2.52. The number of fused-ring (bicyclic) bond motifs is 1. The van der Waals surface area contributed by atoms with E-state index in [1.54, 1.807) is 12.1 Å².